The van der Waals surface area contributed by atoms with Gasteiger partial charge in [0.2, 0.25) is 0 Å². The Labute approximate surface area is 94.8 Å². The molecule has 1 aromatic heterocycles. The molecule has 0 fully saturated rings. The van der Waals surface area contributed by atoms with Gasteiger partial charge in [0, 0.05) is 12.5 Å². The van der Waals surface area contributed by atoms with Crippen molar-refractivity contribution < 1.29 is 4.74 Å². The summed E-state index contributed by atoms with van der Waals surface area (Å²) in [5, 5.41) is 2.02. The first-order chi connectivity index (χ1) is 7.09. The zero-order chi connectivity index (χ0) is 11.3. The van der Waals surface area contributed by atoms with Gasteiger partial charge in [0.25, 0.3) is 0 Å². The van der Waals surface area contributed by atoms with Gasteiger partial charge in [-0.1, -0.05) is 0 Å². The molecule has 1 rings (SSSR count). The van der Waals surface area contributed by atoms with Gasteiger partial charge in [-0.05, 0) is 26.7 Å². The molecule has 1 heterocycles. The molecule has 3 N–H and O–H groups in total. The molecule has 86 valence electrons. The van der Waals surface area contributed by atoms with Crippen molar-refractivity contribution in [2.75, 3.05) is 7.11 Å². The van der Waals surface area contributed by atoms with Crippen molar-refractivity contribution in [1.82, 2.24) is 10.4 Å². The van der Waals surface area contributed by atoms with E-state index in [9.17, 15) is 0 Å². The van der Waals surface area contributed by atoms with Gasteiger partial charge >= 0.3 is 0 Å². The van der Waals surface area contributed by atoms with Gasteiger partial charge in [0.05, 0.1) is 22.8 Å². The molecule has 0 bridgehead atoms. The van der Waals surface area contributed by atoms with E-state index in [1.807, 2.05) is 10.9 Å². The smallest absolute Gasteiger partial charge is 0.0795 e. The number of rotatable bonds is 6. The van der Waals surface area contributed by atoms with Crippen LogP contribution in [0.2, 0.25) is 0 Å². The topological polar surface area (TPSA) is 60.2 Å². The molecule has 0 saturated carbocycles. The van der Waals surface area contributed by atoms with Crippen LogP contribution in [0.4, 0.5) is 0 Å². The summed E-state index contributed by atoms with van der Waals surface area (Å²) in [6.07, 6.45) is 1.86. The van der Waals surface area contributed by atoms with Crippen LogP contribution in [-0.2, 0) is 4.74 Å². The monoisotopic (exact) mass is 229 g/mol. The third-order valence-electron chi connectivity index (χ3n) is 2.60. The second-order valence-electron chi connectivity index (χ2n) is 4.14. The van der Waals surface area contributed by atoms with E-state index in [-0.39, 0.29) is 11.6 Å². The number of nitrogens with two attached hydrogens (primary N) is 1. The lowest BCUT2D eigenvalue weighted by molar-refractivity contribution is 0.0116. The van der Waals surface area contributed by atoms with E-state index in [0.717, 1.165) is 18.5 Å². The largest absolute Gasteiger partial charge is 0.379 e. The van der Waals surface area contributed by atoms with E-state index in [0.29, 0.717) is 0 Å². The van der Waals surface area contributed by atoms with Crippen LogP contribution in [0.1, 0.15) is 38.4 Å². The summed E-state index contributed by atoms with van der Waals surface area (Å²) in [5.41, 5.74) is 5.51. The number of ether oxygens (including phenoxy) is 1. The molecular weight excluding hydrogens is 210 g/mol. The van der Waals surface area contributed by atoms with E-state index >= 15 is 0 Å². The SMILES string of the molecule is COC(C)(C)CCC(NN)c1cscn1. The van der Waals surface area contributed by atoms with Crippen LogP contribution in [0, 0.1) is 0 Å². The average molecular weight is 229 g/mol. The molecule has 0 aliphatic heterocycles. The quantitative estimate of drug-likeness (QED) is 0.577. The molecule has 0 saturated heterocycles. The maximum Gasteiger partial charge on any atom is 0.0795 e. The van der Waals surface area contributed by atoms with Gasteiger partial charge in [-0.3, -0.25) is 11.3 Å². The predicted octanol–water partition coefficient (Wildman–Crippen LogP) is 1.85. The zero-order valence-corrected chi connectivity index (χ0v) is 10.3. The second-order valence-corrected chi connectivity index (χ2v) is 4.85. The lowest BCUT2D eigenvalue weighted by Gasteiger charge is -2.25. The van der Waals surface area contributed by atoms with E-state index in [1.54, 1.807) is 18.4 Å². The summed E-state index contributed by atoms with van der Waals surface area (Å²) < 4.78 is 5.36. The Morgan fingerprint density at radius 1 is 1.67 bits per heavy atom. The molecule has 5 heteroatoms. The van der Waals surface area contributed by atoms with Crippen molar-refractivity contribution in [3.63, 3.8) is 0 Å². The molecule has 0 amide bonds. The Hall–Kier alpha value is -0.490. The highest BCUT2D eigenvalue weighted by Gasteiger charge is 2.20. The number of aromatic nitrogens is 1. The van der Waals surface area contributed by atoms with Crippen LogP contribution in [0.15, 0.2) is 10.9 Å². The van der Waals surface area contributed by atoms with E-state index in [4.69, 9.17) is 10.6 Å². The predicted molar refractivity (Wildman–Crippen MR) is 62.5 cm³/mol. The zero-order valence-electron chi connectivity index (χ0n) is 9.49. The van der Waals surface area contributed by atoms with Gasteiger partial charge in [-0.25, -0.2) is 4.98 Å². The normalized spacial score (nSPS) is 14.1. The van der Waals surface area contributed by atoms with Crippen LogP contribution < -0.4 is 11.3 Å². The molecular formula is C10H19N3OS. The Balaban J connectivity index is 2.49. The summed E-state index contributed by atoms with van der Waals surface area (Å²) in [6.45, 7) is 4.14. The summed E-state index contributed by atoms with van der Waals surface area (Å²) in [7, 11) is 1.73. The summed E-state index contributed by atoms with van der Waals surface area (Å²) >= 11 is 1.58. The summed E-state index contributed by atoms with van der Waals surface area (Å²) in [4.78, 5) is 4.25. The molecule has 0 spiro atoms. The molecule has 1 atom stereocenters. The minimum atomic E-state index is -0.106. The molecule has 15 heavy (non-hydrogen) atoms. The summed E-state index contributed by atoms with van der Waals surface area (Å²) in [6, 6.07) is 0.116. The molecule has 1 aromatic rings. The second kappa shape index (κ2) is 5.55. The molecule has 0 aliphatic rings. The fraction of sp³-hybridized carbons (Fsp3) is 0.700. The van der Waals surface area contributed by atoms with Gasteiger partial charge in [0.1, 0.15) is 0 Å². The van der Waals surface area contributed by atoms with Crippen molar-refractivity contribution in [2.45, 2.75) is 38.3 Å². The van der Waals surface area contributed by atoms with Crippen molar-refractivity contribution in [1.29, 1.82) is 0 Å². The lowest BCUT2D eigenvalue weighted by atomic mass is 9.98. The van der Waals surface area contributed by atoms with Crippen LogP contribution in [0.25, 0.3) is 0 Å². The fourth-order valence-corrected chi connectivity index (χ4v) is 1.91. The fourth-order valence-electron chi connectivity index (χ4n) is 1.30. The third kappa shape index (κ3) is 3.87. The molecule has 0 aromatic carbocycles. The van der Waals surface area contributed by atoms with Crippen molar-refractivity contribution in [3.05, 3.63) is 16.6 Å². The van der Waals surface area contributed by atoms with Crippen LogP contribution in [-0.4, -0.2) is 17.7 Å². The van der Waals surface area contributed by atoms with Gasteiger partial charge in [-0.15, -0.1) is 11.3 Å². The first-order valence-corrected chi connectivity index (χ1v) is 5.92. The average Bonchev–Trinajstić information content (AvgIpc) is 2.72. The minimum Gasteiger partial charge on any atom is -0.379 e. The number of nitrogens with zero attached hydrogens (tertiary/aromatic N) is 1. The molecule has 0 radical (unpaired) electrons. The summed E-state index contributed by atoms with van der Waals surface area (Å²) in [5.74, 6) is 5.51. The number of nitrogens with one attached hydrogen (secondary N) is 1. The van der Waals surface area contributed by atoms with Crippen LogP contribution in [0.3, 0.4) is 0 Å². The number of hydrogen-bond acceptors (Lipinski definition) is 5. The Morgan fingerprint density at radius 2 is 2.40 bits per heavy atom. The number of methoxy groups -OCH3 is 1. The van der Waals surface area contributed by atoms with E-state index in [2.05, 4.69) is 24.3 Å². The van der Waals surface area contributed by atoms with Gasteiger partial charge in [0.15, 0.2) is 0 Å². The molecule has 4 nitrogen and oxygen atoms in total. The standard InChI is InChI=1S/C10H19N3OS/c1-10(2,14-3)5-4-8(13-11)9-6-15-7-12-9/h6-8,13H,4-5,11H2,1-3H3. The highest BCUT2D eigenvalue weighted by atomic mass is 32.1. The highest BCUT2D eigenvalue weighted by Crippen LogP contribution is 2.23. The van der Waals surface area contributed by atoms with Gasteiger partial charge in [-0.2, -0.15) is 0 Å². The van der Waals surface area contributed by atoms with E-state index in [1.165, 1.54) is 0 Å². The number of hydrazine groups is 1. The maximum atomic E-state index is 5.51. The lowest BCUT2D eigenvalue weighted by Crippen LogP contribution is -2.31. The third-order valence-corrected chi connectivity index (χ3v) is 3.20. The van der Waals surface area contributed by atoms with Gasteiger partial charge < -0.3 is 4.74 Å². The Morgan fingerprint density at radius 3 is 2.87 bits per heavy atom. The highest BCUT2D eigenvalue weighted by molar-refractivity contribution is 7.07. The Bertz CT molecular complexity index is 274. The maximum absolute atomic E-state index is 5.51. The Kier molecular flexibility index (Phi) is 4.66. The number of hydrogen-bond donors (Lipinski definition) is 2. The molecule has 0 aliphatic carbocycles. The van der Waals surface area contributed by atoms with Crippen LogP contribution in [0.5, 0.6) is 0 Å². The first-order valence-electron chi connectivity index (χ1n) is 4.98. The van der Waals surface area contributed by atoms with Crippen LogP contribution >= 0.6 is 11.3 Å². The number of thiazole rings is 1. The van der Waals surface area contributed by atoms with Crippen molar-refractivity contribution in [3.8, 4) is 0 Å². The minimum absolute atomic E-state index is 0.106. The first kappa shape index (κ1) is 12.6. The van der Waals surface area contributed by atoms with Crippen molar-refractivity contribution in [2.24, 2.45) is 5.84 Å². The van der Waals surface area contributed by atoms with E-state index < -0.39 is 0 Å². The molecule has 1 unspecified atom stereocenters. The van der Waals surface area contributed by atoms with Crippen molar-refractivity contribution >= 4 is 11.3 Å².